The van der Waals surface area contributed by atoms with Crippen molar-refractivity contribution in [1.29, 1.82) is 0 Å². The number of carbonyl (C=O) groups excluding carboxylic acids is 1. The largest absolute Gasteiger partial charge is 0.482 e. The number of aromatic nitrogens is 2. The van der Waals surface area contributed by atoms with Crippen molar-refractivity contribution in [2.45, 2.75) is 20.5 Å². The molecule has 0 N–H and O–H groups in total. The van der Waals surface area contributed by atoms with Crippen molar-refractivity contribution in [2.24, 2.45) is 0 Å². The minimum atomic E-state index is -0.573. The number of hydrogen-bond donors (Lipinski definition) is 0. The van der Waals surface area contributed by atoms with Gasteiger partial charge in [-0.3, -0.25) is 10.1 Å². The van der Waals surface area contributed by atoms with Crippen LogP contribution >= 0.6 is 0 Å². The predicted molar refractivity (Wildman–Crippen MR) is 97.6 cm³/mol. The molecule has 0 bridgehead atoms. The maximum atomic E-state index is 11.9. The third-order valence-electron chi connectivity index (χ3n) is 3.84. The predicted octanol–water partition coefficient (Wildman–Crippen LogP) is 3.38. The van der Waals surface area contributed by atoms with Crippen molar-refractivity contribution in [3.63, 3.8) is 0 Å². The van der Waals surface area contributed by atoms with Gasteiger partial charge in [0, 0.05) is 17.7 Å². The summed E-state index contributed by atoms with van der Waals surface area (Å²) in [4.78, 5) is 22.0. The molecule has 0 fully saturated rings. The standard InChI is InChI=1S/C19H17N3O6/c1-12-3-4-13(2)16(9-12)26-11-18(23)27-10-17-20-21-19(28-17)14-5-7-15(8-6-14)22(24)25/h3-9H,10-11H2,1-2H3. The Balaban J connectivity index is 1.53. The second-order valence-corrected chi connectivity index (χ2v) is 6.02. The van der Waals surface area contributed by atoms with E-state index in [-0.39, 0.29) is 30.7 Å². The van der Waals surface area contributed by atoms with Gasteiger partial charge in [0.25, 0.3) is 11.6 Å². The molecule has 0 aliphatic rings. The summed E-state index contributed by atoms with van der Waals surface area (Å²) in [7, 11) is 0. The van der Waals surface area contributed by atoms with Gasteiger partial charge in [-0.25, -0.2) is 4.79 Å². The average Bonchev–Trinajstić information content (AvgIpc) is 3.16. The molecule has 0 aliphatic heterocycles. The molecule has 0 spiro atoms. The number of nitro groups is 1. The lowest BCUT2D eigenvalue weighted by Crippen LogP contribution is -2.15. The van der Waals surface area contributed by atoms with E-state index in [1.54, 1.807) is 0 Å². The third kappa shape index (κ3) is 4.70. The molecule has 0 radical (unpaired) electrons. The Morgan fingerprint density at radius 2 is 1.89 bits per heavy atom. The number of ether oxygens (including phenoxy) is 2. The Bertz CT molecular complexity index is 997. The fraction of sp³-hybridized carbons (Fsp3) is 0.211. The summed E-state index contributed by atoms with van der Waals surface area (Å²) in [6.07, 6.45) is 0. The second-order valence-electron chi connectivity index (χ2n) is 6.02. The van der Waals surface area contributed by atoms with E-state index < -0.39 is 10.9 Å². The minimum absolute atomic E-state index is 0.0405. The average molecular weight is 383 g/mol. The van der Waals surface area contributed by atoms with Crippen LogP contribution in [0.15, 0.2) is 46.9 Å². The van der Waals surface area contributed by atoms with E-state index in [4.69, 9.17) is 13.9 Å². The molecular weight excluding hydrogens is 366 g/mol. The summed E-state index contributed by atoms with van der Waals surface area (Å²) >= 11 is 0. The highest BCUT2D eigenvalue weighted by molar-refractivity contribution is 5.71. The first-order valence-electron chi connectivity index (χ1n) is 8.35. The number of nitro benzene ring substituents is 1. The molecule has 2 aromatic carbocycles. The fourth-order valence-electron chi connectivity index (χ4n) is 2.34. The maximum Gasteiger partial charge on any atom is 0.344 e. The Morgan fingerprint density at radius 1 is 1.14 bits per heavy atom. The molecule has 144 valence electrons. The van der Waals surface area contributed by atoms with Crippen LogP contribution in [-0.2, 0) is 16.1 Å². The highest BCUT2D eigenvalue weighted by Gasteiger charge is 2.13. The van der Waals surface area contributed by atoms with Crippen LogP contribution in [0.25, 0.3) is 11.5 Å². The van der Waals surface area contributed by atoms with Crippen LogP contribution in [0.5, 0.6) is 5.75 Å². The molecule has 0 saturated heterocycles. The molecule has 0 saturated carbocycles. The first-order valence-corrected chi connectivity index (χ1v) is 8.35. The minimum Gasteiger partial charge on any atom is -0.482 e. The molecule has 9 heteroatoms. The van der Waals surface area contributed by atoms with Gasteiger partial charge in [-0.2, -0.15) is 0 Å². The third-order valence-corrected chi connectivity index (χ3v) is 3.84. The summed E-state index contributed by atoms with van der Waals surface area (Å²) in [5.41, 5.74) is 2.43. The van der Waals surface area contributed by atoms with Crippen molar-refractivity contribution >= 4 is 11.7 Å². The first kappa shape index (κ1) is 19.0. The summed E-state index contributed by atoms with van der Waals surface area (Å²) in [6, 6.07) is 11.4. The molecule has 28 heavy (non-hydrogen) atoms. The van der Waals surface area contributed by atoms with Gasteiger partial charge in [-0.15, -0.1) is 10.2 Å². The normalized spacial score (nSPS) is 10.5. The number of non-ortho nitro benzene ring substituents is 1. The van der Waals surface area contributed by atoms with Crippen molar-refractivity contribution in [3.05, 3.63) is 69.6 Å². The number of hydrogen-bond acceptors (Lipinski definition) is 8. The molecule has 0 amide bonds. The van der Waals surface area contributed by atoms with Gasteiger partial charge < -0.3 is 13.9 Å². The molecular formula is C19H17N3O6. The fourth-order valence-corrected chi connectivity index (χ4v) is 2.34. The summed E-state index contributed by atoms with van der Waals surface area (Å²) in [6.45, 7) is 3.38. The van der Waals surface area contributed by atoms with Crippen LogP contribution in [0.3, 0.4) is 0 Å². The van der Waals surface area contributed by atoms with Crippen LogP contribution in [-0.4, -0.2) is 27.7 Å². The van der Waals surface area contributed by atoms with E-state index >= 15 is 0 Å². The van der Waals surface area contributed by atoms with Crippen molar-refractivity contribution in [3.8, 4) is 17.2 Å². The van der Waals surface area contributed by atoms with Gasteiger partial charge in [0.1, 0.15) is 5.75 Å². The molecule has 0 aliphatic carbocycles. The topological polar surface area (TPSA) is 118 Å². The smallest absolute Gasteiger partial charge is 0.344 e. The monoisotopic (exact) mass is 383 g/mol. The van der Waals surface area contributed by atoms with Crippen molar-refractivity contribution in [2.75, 3.05) is 6.61 Å². The zero-order valence-corrected chi connectivity index (χ0v) is 15.2. The van der Waals surface area contributed by atoms with Crippen LogP contribution in [0.2, 0.25) is 0 Å². The van der Waals surface area contributed by atoms with Crippen LogP contribution in [0, 0.1) is 24.0 Å². The number of nitrogens with zero attached hydrogens (tertiary/aromatic N) is 3. The molecule has 9 nitrogen and oxygen atoms in total. The zero-order valence-electron chi connectivity index (χ0n) is 15.2. The van der Waals surface area contributed by atoms with Crippen molar-refractivity contribution in [1.82, 2.24) is 10.2 Å². The Hall–Kier alpha value is -3.75. The van der Waals surface area contributed by atoms with Gasteiger partial charge >= 0.3 is 5.97 Å². The highest BCUT2D eigenvalue weighted by Crippen LogP contribution is 2.22. The summed E-state index contributed by atoms with van der Waals surface area (Å²) in [5.74, 6) is 0.326. The molecule has 1 heterocycles. The van der Waals surface area contributed by atoms with Gasteiger partial charge in [-0.1, -0.05) is 12.1 Å². The number of aryl methyl sites for hydroxylation is 2. The lowest BCUT2D eigenvalue weighted by atomic mass is 10.1. The number of benzene rings is 2. The maximum absolute atomic E-state index is 11.9. The summed E-state index contributed by atoms with van der Waals surface area (Å²) in [5, 5.41) is 18.3. The molecule has 0 unspecified atom stereocenters. The van der Waals surface area contributed by atoms with E-state index in [2.05, 4.69) is 10.2 Å². The first-order chi connectivity index (χ1) is 13.4. The van der Waals surface area contributed by atoms with Gasteiger partial charge in [0.15, 0.2) is 13.2 Å². The Labute approximate surface area is 160 Å². The van der Waals surface area contributed by atoms with E-state index in [0.29, 0.717) is 11.3 Å². The molecule has 1 aromatic heterocycles. The van der Waals surface area contributed by atoms with Crippen molar-refractivity contribution < 1.29 is 23.6 Å². The van der Waals surface area contributed by atoms with Gasteiger partial charge in [0.2, 0.25) is 5.89 Å². The quantitative estimate of drug-likeness (QED) is 0.346. The SMILES string of the molecule is Cc1ccc(C)c(OCC(=O)OCc2nnc(-c3ccc([N+](=O)[O-])cc3)o2)c1. The molecule has 0 atom stereocenters. The molecule has 3 rings (SSSR count). The lowest BCUT2D eigenvalue weighted by Gasteiger charge is -2.09. The van der Waals surface area contributed by atoms with Gasteiger partial charge in [-0.05, 0) is 43.2 Å². The highest BCUT2D eigenvalue weighted by atomic mass is 16.6. The van der Waals surface area contributed by atoms with E-state index in [1.165, 1.54) is 24.3 Å². The van der Waals surface area contributed by atoms with Crippen LogP contribution in [0.4, 0.5) is 5.69 Å². The Morgan fingerprint density at radius 3 is 2.61 bits per heavy atom. The second kappa shape index (κ2) is 8.30. The van der Waals surface area contributed by atoms with Crippen LogP contribution in [0.1, 0.15) is 17.0 Å². The molecule has 3 aromatic rings. The van der Waals surface area contributed by atoms with E-state index in [1.807, 2.05) is 32.0 Å². The van der Waals surface area contributed by atoms with E-state index in [9.17, 15) is 14.9 Å². The van der Waals surface area contributed by atoms with Gasteiger partial charge in [0.05, 0.1) is 4.92 Å². The number of esters is 1. The number of carbonyl (C=O) groups is 1. The zero-order chi connectivity index (χ0) is 20.1. The Kier molecular flexibility index (Phi) is 5.64. The van der Waals surface area contributed by atoms with E-state index in [0.717, 1.165) is 11.1 Å². The van der Waals surface area contributed by atoms with Crippen LogP contribution < -0.4 is 4.74 Å². The number of rotatable bonds is 7. The lowest BCUT2D eigenvalue weighted by molar-refractivity contribution is -0.384. The summed E-state index contributed by atoms with van der Waals surface area (Å²) < 4.78 is 16.0.